The molecule has 0 radical (unpaired) electrons. The number of ether oxygens (including phenoxy) is 1. The summed E-state index contributed by atoms with van der Waals surface area (Å²) in [5.74, 6) is -2.51. The van der Waals surface area contributed by atoms with Crippen molar-refractivity contribution < 1.29 is 32.6 Å². The minimum absolute atomic E-state index is 0.157. The number of alkyl halides is 3. The van der Waals surface area contributed by atoms with Crippen LogP contribution in [0, 0.1) is 0 Å². The lowest BCUT2D eigenvalue weighted by atomic mass is 10.1. The predicted molar refractivity (Wildman–Crippen MR) is 122 cm³/mol. The number of aryl methyl sites for hydroxylation is 1. The molecule has 11 nitrogen and oxygen atoms in total. The highest BCUT2D eigenvalue weighted by Crippen LogP contribution is 2.24. The zero-order chi connectivity index (χ0) is 26.0. The lowest BCUT2D eigenvalue weighted by molar-refractivity contribution is -0.192. The van der Waals surface area contributed by atoms with Crippen molar-refractivity contribution in [3.63, 3.8) is 0 Å². The standard InChI is InChI=1S/C20H21N7O2.C2HF3O2/c1-26-17-4-3-12(5-13(17)7-23-26)20(28)25-18-11-27-10-16(24-19(27)9-22-18)15-6-14(29-2)8-21-15;3-2(4,5)1(6)7/h3-5,7,9-11,14-15,21H,6,8H2,1-2H3,(H,25,28);(H,6,7)/t14-,15?;/m1./s1. The van der Waals surface area contributed by atoms with E-state index in [1.165, 1.54) is 0 Å². The molecule has 3 aromatic heterocycles. The van der Waals surface area contributed by atoms with Gasteiger partial charge in [0.2, 0.25) is 0 Å². The number of carbonyl (C=O) groups is 2. The Kier molecular flexibility index (Phi) is 6.90. The van der Waals surface area contributed by atoms with Gasteiger partial charge in [-0.25, -0.2) is 14.8 Å². The Morgan fingerprint density at radius 2 is 2.00 bits per heavy atom. The molecule has 1 fully saturated rings. The monoisotopic (exact) mass is 505 g/mol. The summed E-state index contributed by atoms with van der Waals surface area (Å²) in [5.41, 5.74) is 3.21. The highest BCUT2D eigenvalue weighted by atomic mass is 19.4. The van der Waals surface area contributed by atoms with Gasteiger partial charge in [-0.1, -0.05) is 0 Å². The van der Waals surface area contributed by atoms with Crippen LogP contribution < -0.4 is 10.6 Å². The first-order chi connectivity index (χ1) is 17.0. The molecular formula is C22H22F3N7O4. The molecule has 1 aliphatic rings. The van der Waals surface area contributed by atoms with E-state index in [4.69, 9.17) is 14.6 Å². The fourth-order valence-corrected chi connectivity index (χ4v) is 3.75. The van der Waals surface area contributed by atoms with E-state index < -0.39 is 12.1 Å². The van der Waals surface area contributed by atoms with E-state index in [1.54, 1.807) is 36.4 Å². The molecule has 1 aromatic carbocycles. The van der Waals surface area contributed by atoms with E-state index in [0.29, 0.717) is 11.4 Å². The van der Waals surface area contributed by atoms with Crippen LogP contribution in [0.1, 0.15) is 28.5 Å². The van der Waals surface area contributed by atoms with Crippen molar-refractivity contribution in [3.8, 4) is 0 Å². The second-order valence-electron chi connectivity index (χ2n) is 8.06. The molecule has 36 heavy (non-hydrogen) atoms. The number of carboxylic acid groups (broad SMARTS) is 1. The van der Waals surface area contributed by atoms with Gasteiger partial charge in [-0.15, -0.1) is 0 Å². The average molecular weight is 505 g/mol. The first-order valence-electron chi connectivity index (χ1n) is 10.7. The number of hydrogen-bond acceptors (Lipinski definition) is 7. The summed E-state index contributed by atoms with van der Waals surface area (Å²) in [6.45, 7) is 0.815. The summed E-state index contributed by atoms with van der Waals surface area (Å²) in [5, 5.41) is 18.5. The Morgan fingerprint density at radius 3 is 2.67 bits per heavy atom. The van der Waals surface area contributed by atoms with Gasteiger partial charge in [-0.3, -0.25) is 9.48 Å². The molecule has 14 heteroatoms. The fraction of sp³-hybridized carbons (Fsp3) is 0.318. The molecule has 1 amide bonds. The third kappa shape index (κ3) is 5.44. The van der Waals surface area contributed by atoms with E-state index in [1.807, 2.05) is 29.8 Å². The minimum atomic E-state index is -5.08. The SMILES string of the molecule is CO[C@H]1CNC(c2cn3cc(NC(=O)c4ccc5c(cnn5C)c4)ncc3n2)C1.O=C(O)C(F)(F)F. The molecule has 1 unspecified atom stereocenters. The van der Waals surface area contributed by atoms with Gasteiger partial charge in [0.25, 0.3) is 5.91 Å². The quantitative estimate of drug-likeness (QED) is 0.385. The van der Waals surface area contributed by atoms with Crippen LogP contribution in [-0.2, 0) is 16.6 Å². The lowest BCUT2D eigenvalue weighted by Gasteiger charge is -2.06. The first-order valence-corrected chi connectivity index (χ1v) is 10.7. The molecular weight excluding hydrogens is 483 g/mol. The molecule has 0 aliphatic carbocycles. The molecule has 0 spiro atoms. The number of nitrogens with zero attached hydrogens (tertiary/aromatic N) is 5. The van der Waals surface area contributed by atoms with Crippen molar-refractivity contribution in [2.24, 2.45) is 7.05 Å². The van der Waals surface area contributed by atoms with Crippen molar-refractivity contribution in [2.45, 2.75) is 24.7 Å². The van der Waals surface area contributed by atoms with Crippen LogP contribution in [0.15, 0.2) is 43.0 Å². The summed E-state index contributed by atoms with van der Waals surface area (Å²) in [6, 6.07) is 5.65. The zero-order valence-corrected chi connectivity index (χ0v) is 19.2. The van der Waals surface area contributed by atoms with Crippen LogP contribution in [0.5, 0.6) is 0 Å². The maximum Gasteiger partial charge on any atom is 0.490 e. The number of aromatic nitrogens is 5. The number of halogens is 3. The maximum atomic E-state index is 12.7. The number of hydrogen-bond donors (Lipinski definition) is 3. The highest BCUT2D eigenvalue weighted by Gasteiger charge is 2.38. The van der Waals surface area contributed by atoms with Gasteiger partial charge in [0.15, 0.2) is 5.65 Å². The third-order valence-corrected chi connectivity index (χ3v) is 5.63. The normalized spacial score (nSPS) is 17.7. The number of carboxylic acids is 1. The van der Waals surface area contributed by atoms with Gasteiger partial charge >= 0.3 is 12.1 Å². The van der Waals surface area contributed by atoms with Crippen molar-refractivity contribution in [1.82, 2.24) is 29.5 Å². The molecule has 190 valence electrons. The van der Waals surface area contributed by atoms with E-state index in [9.17, 15) is 18.0 Å². The molecule has 4 aromatic rings. The van der Waals surface area contributed by atoms with Crippen LogP contribution >= 0.6 is 0 Å². The Balaban J connectivity index is 0.000000384. The van der Waals surface area contributed by atoms with Gasteiger partial charge in [0.05, 0.1) is 41.9 Å². The largest absolute Gasteiger partial charge is 0.490 e. The van der Waals surface area contributed by atoms with Crippen molar-refractivity contribution in [1.29, 1.82) is 0 Å². The van der Waals surface area contributed by atoms with E-state index in [0.717, 1.165) is 35.2 Å². The molecule has 3 N–H and O–H groups in total. The summed E-state index contributed by atoms with van der Waals surface area (Å²) >= 11 is 0. The molecule has 1 saturated heterocycles. The molecule has 1 aliphatic heterocycles. The van der Waals surface area contributed by atoms with Gasteiger partial charge in [0.1, 0.15) is 5.82 Å². The number of methoxy groups -OCH3 is 1. The van der Waals surface area contributed by atoms with Crippen LogP contribution in [0.3, 0.4) is 0 Å². The summed E-state index contributed by atoms with van der Waals surface area (Å²) in [4.78, 5) is 30.5. The average Bonchev–Trinajstić information content (AvgIpc) is 3.56. The molecule has 2 atom stereocenters. The topological polar surface area (TPSA) is 136 Å². The Labute approximate surface area is 201 Å². The van der Waals surface area contributed by atoms with Crippen molar-refractivity contribution >= 4 is 34.2 Å². The number of amides is 1. The smallest absolute Gasteiger partial charge is 0.475 e. The number of carbonyl (C=O) groups excluding carboxylic acids is 1. The van der Waals surface area contributed by atoms with Crippen LogP contribution in [0.25, 0.3) is 16.6 Å². The summed E-state index contributed by atoms with van der Waals surface area (Å²) < 4.78 is 40.8. The van der Waals surface area contributed by atoms with Gasteiger partial charge in [-0.05, 0) is 24.6 Å². The predicted octanol–water partition coefficient (Wildman–Crippen LogP) is 2.55. The number of anilines is 1. The minimum Gasteiger partial charge on any atom is -0.475 e. The maximum absolute atomic E-state index is 12.7. The fourth-order valence-electron chi connectivity index (χ4n) is 3.75. The number of aliphatic carboxylic acids is 1. The number of fused-ring (bicyclic) bond motifs is 2. The number of rotatable bonds is 4. The highest BCUT2D eigenvalue weighted by molar-refractivity contribution is 6.05. The number of nitrogens with one attached hydrogen (secondary N) is 2. The summed E-state index contributed by atoms with van der Waals surface area (Å²) in [6.07, 6.45) is 3.14. The van der Waals surface area contributed by atoms with Gasteiger partial charge < -0.3 is 24.9 Å². The second-order valence-corrected chi connectivity index (χ2v) is 8.06. The second kappa shape index (κ2) is 9.91. The molecule has 0 bridgehead atoms. The Hall–Kier alpha value is -4.04. The van der Waals surface area contributed by atoms with Crippen molar-refractivity contribution in [3.05, 3.63) is 54.2 Å². The van der Waals surface area contributed by atoms with Gasteiger partial charge in [-0.2, -0.15) is 18.3 Å². The van der Waals surface area contributed by atoms with Crippen LogP contribution in [-0.4, -0.2) is 67.1 Å². The Morgan fingerprint density at radius 1 is 1.25 bits per heavy atom. The molecule has 4 heterocycles. The van der Waals surface area contributed by atoms with E-state index in [-0.39, 0.29) is 18.1 Å². The van der Waals surface area contributed by atoms with Crippen LogP contribution in [0.4, 0.5) is 19.0 Å². The number of imidazole rings is 1. The van der Waals surface area contributed by atoms with Gasteiger partial charge in [0, 0.05) is 37.8 Å². The number of benzene rings is 1. The third-order valence-electron chi connectivity index (χ3n) is 5.63. The van der Waals surface area contributed by atoms with E-state index in [2.05, 4.69) is 25.7 Å². The lowest BCUT2D eigenvalue weighted by Crippen LogP contribution is -2.21. The first kappa shape index (κ1) is 25.1. The van der Waals surface area contributed by atoms with E-state index >= 15 is 0 Å². The molecule has 5 rings (SSSR count). The summed E-state index contributed by atoms with van der Waals surface area (Å²) in [7, 11) is 3.60. The molecule has 0 saturated carbocycles. The van der Waals surface area contributed by atoms with Crippen LogP contribution in [0.2, 0.25) is 0 Å². The Bertz CT molecular complexity index is 1420. The zero-order valence-electron chi connectivity index (χ0n) is 19.2. The van der Waals surface area contributed by atoms with Crippen molar-refractivity contribution in [2.75, 3.05) is 19.0 Å².